The average Bonchev–Trinajstić information content (AvgIpc) is 2.25. The van der Waals surface area contributed by atoms with Gasteiger partial charge < -0.3 is 10.4 Å². The second kappa shape index (κ2) is 5.55. The summed E-state index contributed by atoms with van der Waals surface area (Å²) < 4.78 is 0. The molecule has 1 aromatic carbocycles. The third-order valence-electron chi connectivity index (χ3n) is 1.83. The number of benzene rings is 1. The SMILES string of the molecule is C=CC(=O)NCc1cccc(NC(=O)O)c1. The highest BCUT2D eigenvalue weighted by molar-refractivity contribution is 5.86. The van der Waals surface area contributed by atoms with Gasteiger partial charge in [0.05, 0.1) is 0 Å². The van der Waals surface area contributed by atoms with Crippen molar-refractivity contribution in [3.05, 3.63) is 42.5 Å². The molecular formula is C11H12N2O3. The van der Waals surface area contributed by atoms with Crippen LogP contribution in [-0.2, 0) is 11.3 Å². The van der Waals surface area contributed by atoms with Crippen molar-refractivity contribution in [2.75, 3.05) is 5.32 Å². The second-order valence-corrected chi connectivity index (χ2v) is 3.05. The molecule has 0 aliphatic rings. The van der Waals surface area contributed by atoms with E-state index in [9.17, 15) is 9.59 Å². The number of carboxylic acid groups (broad SMARTS) is 1. The van der Waals surface area contributed by atoms with Crippen LogP contribution in [0, 0.1) is 0 Å². The molecule has 5 heteroatoms. The van der Waals surface area contributed by atoms with Gasteiger partial charge in [-0.05, 0) is 23.8 Å². The first-order valence-electron chi connectivity index (χ1n) is 4.61. The zero-order chi connectivity index (χ0) is 12.0. The fourth-order valence-corrected chi connectivity index (χ4v) is 1.14. The Balaban J connectivity index is 2.63. The predicted molar refractivity (Wildman–Crippen MR) is 60.1 cm³/mol. The summed E-state index contributed by atoms with van der Waals surface area (Å²) >= 11 is 0. The minimum absolute atomic E-state index is 0.267. The molecule has 0 saturated carbocycles. The van der Waals surface area contributed by atoms with Crippen LogP contribution < -0.4 is 10.6 Å². The molecule has 3 N–H and O–H groups in total. The van der Waals surface area contributed by atoms with Crippen molar-refractivity contribution in [3.8, 4) is 0 Å². The quantitative estimate of drug-likeness (QED) is 0.674. The number of rotatable bonds is 4. The van der Waals surface area contributed by atoms with Gasteiger partial charge in [0.15, 0.2) is 0 Å². The van der Waals surface area contributed by atoms with Gasteiger partial charge in [0.25, 0.3) is 0 Å². The number of carbonyl (C=O) groups excluding carboxylic acids is 1. The zero-order valence-corrected chi connectivity index (χ0v) is 8.56. The molecular weight excluding hydrogens is 208 g/mol. The van der Waals surface area contributed by atoms with E-state index < -0.39 is 6.09 Å². The minimum Gasteiger partial charge on any atom is -0.465 e. The molecule has 0 saturated heterocycles. The molecule has 0 bridgehead atoms. The van der Waals surface area contributed by atoms with Crippen LogP contribution in [0.15, 0.2) is 36.9 Å². The lowest BCUT2D eigenvalue weighted by atomic mass is 10.2. The maximum Gasteiger partial charge on any atom is 0.409 e. The van der Waals surface area contributed by atoms with Crippen LogP contribution in [-0.4, -0.2) is 17.1 Å². The van der Waals surface area contributed by atoms with E-state index in [0.717, 1.165) is 5.56 Å². The summed E-state index contributed by atoms with van der Waals surface area (Å²) in [5.74, 6) is -0.267. The van der Waals surface area contributed by atoms with Crippen molar-refractivity contribution in [3.63, 3.8) is 0 Å². The summed E-state index contributed by atoms with van der Waals surface area (Å²) in [5, 5.41) is 13.3. The first kappa shape index (κ1) is 11.8. The fraction of sp³-hybridized carbons (Fsp3) is 0.0909. The van der Waals surface area contributed by atoms with Gasteiger partial charge in [-0.25, -0.2) is 4.79 Å². The van der Waals surface area contributed by atoms with Crippen LogP contribution in [0.3, 0.4) is 0 Å². The largest absolute Gasteiger partial charge is 0.465 e. The van der Waals surface area contributed by atoms with Crippen molar-refractivity contribution < 1.29 is 14.7 Å². The first-order valence-corrected chi connectivity index (χ1v) is 4.61. The normalized spacial score (nSPS) is 9.25. The molecule has 1 rings (SSSR count). The van der Waals surface area contributed by atoms with Gasteiger partial charge in [0.2, 0.25) is 5.91 Å². The third kappa shape index (κ3) is 3.83. The molecule has 84 valence electrons. The fourth-order valence-electron chi connectivity index (χ4n) is 1.14. The summed E-state index contributed by atoms with van der Waals surface area (Å²) in [6.45, 7) is 3.66. The van der Waals surface area contributed by atoms with Gasteiger partial charge in [0, 0.05) is 12.2 Å². The molecule has 0 unspecified atom stereocenters. The Labute approximate surface area is 92.8 Å². The molecule has 1 aromatic rings. The molecule has 0 heterocycles. The van der Waals surface area contributed by atoms with Gasteiger partial charge in [-0.2, -0.15) is 0 Å². The van der Waals surface area contributed by atoms with Crippen molar-refractivity contribution in [1.82, 2.24) is 5.32 Å². The molecule has 5 nitrogen and oxygen atoms in total. The second-order valence-electron chi connectivity index (χ2n) is 3.05. The molecule has 0 spiro atoms. The van der Waals surface area contributed by atoms with E-state index in [0.29, 0.717) is 12.2 Å². The maximum absolute atomic E-state index is 10.9. The summed E-state index contributed by atoms with van der Waals surface area (Å²) in [7, 11) is 0. The standard InChI is InChI=1S/C11H12N2O3/c1-2-10(14)12-7-8-4-3-5-9(6-8)13-11(15)16/h2-6,13H,1,7H2,(H,12,14)(H,15,16). The highest BCUT2D eigenvalue weighted by Gasteiger charge is 2.00. The lowest BCUT2D eigenvalue weighted by Gasteiger charge is -2.05. The number of hydrogen-bond donors (Lipinski definition) is 3. The number of hydrogen-bond acceptors (Lipinski definition) is 2. The molecule has 0 aliphatic carbocycles. The number of amides is 2. The van der Waals surface area contributed by atoms with Gasteiger partial charge in [-0.1, -0.05) is 18.7 Å². The Morgan fingerprint density at radius 2 is 2.19 bits per heavy atom. The Hall–Kier alpha value is -2.30. The van der Waals surface area contributed by atoms with Crippen molar-refractivity contribution in [2.45, 2.75) is 6.54 Å². The lowest BCUT2D eigenvalue weighted by molar-refractivity contribution is -0.116. The number of carbonyl (C=O) groups is 2. The number of anilines is 1. The molecule has 16 heavy (non-hydrogen) atoms. The minimum atomic E-state index is -1.12. The van der Waals surface area contributed by atoms with Crippen LogP contribution in [0.4, 0.5) is 10.5 Å². The summed E-state index contributed by atoms with van der Waals surface area (Å²) in [4.78, 5) is 21.3. The van der Waals surface area contributed by atoms with E-state index in [1.54, 1.807) is 24.3 Å². The summed E-state index contributed by atoms with van der Waals surface area (Å²) in [6, 6.07) is 6.78. The first-order chi connectivity index (χ1) is 7.61. The van der Waals surface area contributed by atoms with Crippen molar-refractivity contribution >= 4 is 17.7 Å². The van der Waals surface area contributed by atoms with E-state index in [4.69, 9.17) is 5.11 Å². The van der Waals surface area contributed by atoms with E-state index in [2.05, 4.69) is 17.2 Å². The number of nitrogens with one attached hydrogen (secondary N) is 2. The Kier molecular flexibility index (Phi) is 4.08. The summed E-state index contributed by atoms with van der Waals surface area (Å²) in [5.41, 5.74) is 1.28. The van der Waals surface area contributed by atoms with Crippen LogP contribution in [0.1, 0.15) is 5.56 Å². The molecule has 0 radical (unpaired) electrons. The molecule has 0 aromatic heterocycles. The topological polar surface area (TPSA) is 78.4 Å². The van der Waals surface area contributed by atoms with Crippen molar-refractivity contribution in [2.24, 2.45) is 0 Å². The van der Waals surface area contributed by atoms with E-state index in [-0.39, 0.29) is 5.91 Å². The van der Waals surface area contributed by atoms with Crippen molar-refractivity contribution in [1.29, 1.82) is 0 Å². The Bertz CT molecular complexity index is 415. The van der Waals surface area contributed by atoms with E-state index in [1.165, 1.54) is 6.08 Å². The molecule has 0 aliphatic heterocycles. The molecule has 0 fully saturated rings. The maximum atomic E-state index is 10.9. The van der Waals surface area contributed by atoms with E-state index >= 15 is 0 Å². The van der Waals surface area contributed by atoms with Gasteiger partial charge >= 0.3 is 6.09 Å². The summed E-state index contributed by atoms with van der Waals surface area (Å²) in [6.07, 6.45) is 0.0616. The molecule has 0 atom stereocenters. The predicted octanol–water partition coefficient (Wildman–Crippen LogP) is 1.58. The third-order valence-corrected chi connectivity index (χ3v) is 1.83. The van der Waals surface area contributed by atoms with Gasteiger partial charge in [0.1, 0.15) is 0 Å². The average molecular weight is 220 g/mol. The van der Waals surface area contributed by atoms with E-state index in [1.807, 2.05) is 0 Å². The van der Waals surface area contributed by atoms with Crippen LogP contribution in [0.2, 0.25) is 0 Å². The molecule has 2 amide bonds. The Morgan fingerprint density at radius 1 is 1.44 bits per heavy atom. The monoisotopic (exact) mass is 220 g/mol. The van der Waals surface area contributed by atoms with Gasteiger partial charge in [-0.3, -0.25) is 10.1 Å². The smallest absolute Gasteiger partial charge is 0.409 e. The van der Waals surface area contributed by atoms with Crippen LogP contribution in [0.25, 0.3) is 0 Å². The van der Waals surface area contributed by atoms with Crippen LogP contribution >= 0.6 is 0 Å². The highest BCUT2D eigenvalue weighted by Crippen LogP contribution is 2.10. The zero-order valence-electron chi connectivity index (χ0n) is 8.56. The highest BCUT2D eigenvalue weighted by atomic mass is 16.4. The van der Waals surface area contributed by atoms with Gasteiger partial charge in [-0.15, -0.1) is 0 Å². The lowest BCUT2D eigenvalue weighted by Crippen LogP contribution is -2.20. The Morgan fingerprint density at radius 3 is 2.81 bits per heavy atom. The van der Waals surface area contributed by atoms with Crippen LogP contribution in [0.5, 0.6) is 0 Å².